The van der Waals surface area contributed by atoms with Crippen LogP contribution in [-0.2, 0) is 4.74 Å². The molecular weight excluding hydrogens is 282 g/mol. The molecule has 1 N–H and O–H groups in total. The molecule has 0 bridgehead atoms. The van der Waals surface area contributed by atoms with E-state index in [1.165, 1.54) is 0 Å². The summed E-state index contributed by atoms with van der Waals surface area (Å²) < 4.78 is 5.27. The molecule has 1 rings (SSSR count). The Kier molecular flexibility index (Phi) is 6.22. The Morgan fingerprint density at radius 3 is 2.53 bits per heavy atom. The summed E-state index contributed by atoms with van der Waals surface area (Å²) in [6.07, 6.45) is 0. The van der Waals surface area contributed by atoms with Crippen molar-refractivity contribution in [1.29, 1.82) is 0 Å². The lowest BCUT2D eigenvalue weighted by atomic mass is 10.0. The van der Waals surface area contributed by atoms with Crippen LogP contribution in [0.1, 0.15) is 21.5 Å². The highest BCUT2D eigenvalue weighted by atomic mass is 79.9. The number of hydrogen-bond donors (Lipinski definition) is 1. The number of halogens is 1. The SMILES string of the molecule is Cc1cccc(C)c1C(=O)NCCOCCBr. The van der Waals surface area contributed by atoms with Crippen molar-refractivity contribution in [3.8, 4) is 0 Å². The molecule has 94 valence electrons. The van der Waals surface area contributed by atoms with Crippen molar-refractivity contribution in [3.05, 3.63) is 34.9 Å². The van der Waals surface area contributed by atoms with Gasteiger partial charge < -0.3 is 10.1 Å². The molecule has 0 unspecified atom stereocenters. The fourth-order valence-electron chi connectivity index (χ4n) is 1.65. The number of ether oxygens (including phenoxy) is 1. The van der Waals surface area contributed by atoms with Crippen molar-refractivity contribution in [3.63, 3.8) is 0 Å². The van der Waals surface area contributed by atoms with Crippen molar-refractivity contribution in [2.75, 3.05) is 25.1 Å². The van der Waals surface area contributed by atoms with E-state index < -0.39 is 0 Å². The second kappa shape index (κ2) is 7.45. The van der Waals surface area contributed by atoms with Crippen LogP contribution in [0.4, 0.5) is 0 Å². The smallest absolute Gasteiger partial charge is 0.251 e. The highest BCUT2D eigenvalue weighted by molar-refractivity contribution is 9.09. The van der Waals surface area contributed by atoms with Gasteiger partial charge in [-0.15, -0.1) is 0 Å². The molecule has 1 amide bonds. The zero-order chi connectivity index (χ0) is 12.7. The highest BCUT2D eigenvalue weighted by Crippen LogP contribution is 2.12. The Bertz CT molecular complexity index is 359. The Hall–Kier alpha value is -0.870. The first kappa shape index (κ1) is 14.2. The van der Waals surface area contributed by atoms with Gasteiger partial charge in [0.25, 0.3) is 5.91 Å². The van der Waals surface area contributed by atoms with Crippen molar-refractivity contribution >= 4 is 21.8 Å². The molecule has 0 spiro atoms. The van der Waals surface area contributed by atoms with Crippen LogP contribution in [-0.4, -0.2) is 31.0 Å². The molecule has 0 saturated carbocycles. The first-order valence-corrected chi connectivity index (χ1v) is 6.77. The van der Waals surface area contributed by atoms with Gasteiger partial charge in [0.05, 0.1) is 13.2 Å². The van der Waals surface area contributed by atoms with E-state index in [1.54, 1.807) is 0 Å². The number of alkyl halides is 1. The molecule has 0 atom stereocenters. The largest absolute Gasteiger partial charge is 0.379 e. The van der Waals surface area contributed by atoms with Crippen molar-refractivity contribution < 1.29 is 9.53 Å². The number of amides is 1. The lowest BCUT2D eigenvalue weighted by molar-refractivity contribution is 0.0923. The molecule has 4 heteroatoms. The molecular formula is C13H18BrNO2. The molecule has 0 saturated heterocycles. The predicted octanol–water partition coefficient (Wildman–Crippen LogP) is 2.44. The number of benzene rings is 1. The van der Waals surface area contributed by atoms with Gasteiger partial charge in [0.2, 0.25) is 0 Å². The Labute approximate surface area is 111 Å². The van der Waals surface area contributed by atoms with Crippen LogP contribution in [0.5, 0.6) is 0 Å². The maximum atomic E-state index is 11.9. The summed E-state index contributed by atoms with van der Waals surface area (Å²) in [5.41, 5.74) is 2.78. The molecule has 3 nitrogen and oxygen atoms in total. The number of hydrogen-bond acceptors (Lipinski definition) is 2. The molecule has 0 aliphatic heterocycles. The quantitative estimate of drug-likeness (QED) is 0.647. The summed E-state index contributed by atoms with van der Waals surface area (Å²) in [7, 11) is 0. The first-order valence-electron chi connectivity index (χ1n) is 5.65. The van der Waals surface area contributed by atoms with Crippen LogP contribution in [0.25, 0.3) is 0 Å². The minimum atomic E-state index is -0.0250. The minimum absolute atomic E-state index is 0.0250. The Morgan fingerprint density at radius 1 is 1.29 bits per heavy atom. The number of carbonyl (C=O) groups is 1. The van der Waals surface area contributed by atoms with E-state index in [2.05, 4.69) is 21.2 Å². The second-order valence-corrected chi connectivity index (χ2v) is 4.62. The number of carbonyl (C=O) groups excluding carboxylic acids is 1. The molecule has 0 aliphatic rings. The maximum Gasteiger partial charge on any atom is 0.251 e. The minimum Gasteiger partial charge on any atom is -0.379 e. The summed E-state index contributed by atoms with van der Waals surface area (Å²) >= 11 is 3.27. The van der Waals surface area contributed by atoms with Crippen molar-refractivity contribution in [2.45, 2.75) is 13.8 Å². The van der Waals surface area contributed by atoms with Gasteiger partial charge in [-0.2, -0.15) is 0 Å². The zero-order valence-electron chi connectivity index (χ0n) is 10.3. The predicted molar refractivity (Wildman–Crippen MR) is 72.9 cm³/mol. The molecule has 0 fully saturated rings. The van der Waals surface area contributed by atoms with E-state index >= 15 is 0 Å². The molecule has 1 aromatic rings. The molecule has 0 aliphatic carbocycles. The van der Waals surface area contributed by atoms with Crippen LogP contribution in [0.2, 0.25) is 0 Å². The second-order valence-electron chi connectivity index (χ2n) is 3.82. The molecule has 0 radical (unpaired) electrons. The van der Waals surface area contributed by atoms with E-state index in [4.69, 9.17) is 4.74 Å². The monoisotopic (exact) mass is 299 g/mol. The van der Waals surface area contributed by atoms with E-state index in [0.717, 1.165) is 22.0 Å². The van der Waals surface area contributed by atoms with Crippen LogP contribution in [0.3, 0.4) is 0 Å². The van der Waals surface area contributed by atoms with Crippen LogP contribution >= 0.6 is 15.9 Å². The van der Waals surface area contributed by atoms with E-state index in [-0.39, 0.29) is 5.91 Å². The van der Waals surface area contributed by atoms with Crippen LogP contribution in [0, 0.1) is 13.8 Å². The number of aryl methyl sites for hydroxylation is 2. The number of rotatable bonds is 6. The molecule has 17 heavy (non-hydrogen) atoms. The zero-order valence-corrected chi connectivity index (χ0v) is 11.8. The van der Waals surface area contributed by atoms with Gasteiger partial charge in [-0.05, 0) is 25.0 Å². The van der Waals surface area contributed by atoms with Crippen LogP contribution < -0.4 is 5.32 Å². The topological polar surface area (TPSA) is 38.3 Å². The van der Waals surface area contributed by atoms with Gasteiger partial charge in [0, 0.05) is 17.4 Å². The molecule has 0 aromatic heterocycles. The lowest BCUT2D eigenvalue weighted by Crippen LogP contribution is -2.28. The van der Waals surface area contributed by atoms with Crippen LogP contribution in [0.15, 0.2) is 18.2 Å². The van der Waals surface area contributed by atoms with Gasteiger partial charge in [0.1, 0.15) is 0 Å². The molecule has 0 heterocycles. The Morgan fingerprint density at radius 2 is 1.94 bits per heavy atom. The van der Waals surface area contributed by atoms with Crippen molar-refractivity contribution in [1.82, 2.24) is 5.32 Å². The summed E-state index contributed by atoms with van der Waals surface area (Å²) in [6, 6.07) is 5.85. The average Bonchev–Trinajstić information content (AvgIpc) is 2.28. The van der Waals surface area contributed by atoms with E-state index in [1.807, 2.05) is 32.0 Å². The fourth-order valence-corrected chi connectivity index (χ4v) is 1.88. The van der Waals surface area contributed by atoms with Gasteiger partial charge in [-0.1, -0.05) is 34.1 Å². The van der Waals surface area contributed by atoms with E-state index in [0.29, 0.717) is 19.8 Å². The fraction of sp³-hybridized carbons (Fsp3) is 0.462. The van der Waals surface area contributed by atoms with Crippen molar-refractivity contribution in [2.24, 2.45) is 0 Å². The van der Waals surface area contributed by atoms with Gasteiger partial charge in [-0.3, -0.25) is 4.79 Å². The summed E-state index contributed by atoms with van der Waals surface area (Å²) in [4.78, 5) is 11.9. The first-order chi connectivity index (χ1) is 8.16. The summed E-state index contributed by atoms with van der Waals surface area (Å²) in [6.45, 7) is 5.65. The summed E-state index contributed by atoms with van der Waals surface area (Å²) in [5.74, 6) is -0.0250. The average molecular weight is 300 g/mol. The highest BCUT2D eigenvalue weighted by Gasteiger charge is 2.10. The third-order valence-corrected chi connectivity index (χ3v) is 2.79. The summed E-state index contributed by atoms with van der Waals surface area (Å²) in [5, 5.41) is 3.68. The third-order valence-electron chi connectivity index (χ3n) is 2.46. The normalized spacial score (nSPS) is 10.3. The van der Waals surface area contributed by atoms with Gasteiger partial charge in [-0.25, -0.2) is 0 Å². The maximum absolute atomic E-state index is 11.9. The number of nitrogens with one attached hydrogen (secondary N) is 1. The standard InChI is InChI=1S/C13H18BrNO2/c1-10-4-3-5-11(2)12(10)13(16)15-7-9-17-8-6-14/h3-5H,6-9H2,1-2H3,(H,15,16). The van der Waals surface area contributed by atoms with Gasteiger partial charge in [0.15, 0.2) is 0 Å². The van der Waals surface area contributed by atoms with Gasteiger partial charge >= 0.3 is 0 Å². The Balaban J connectivity index is 2.47. The lowest BCUT2D eigenvalue weighted by Gasteiger charge is -2.10. The van der Waals surface area contributed by atoms with E-state index in [9.17, 15) is 4.79 Å². The third kappa shape index (κ3) is 4.48. The molecule has 1 aromatic carbocycles.